The van der Waals surface area contributed by atoms with E-state index in [1.54, 1.807) is 7.11 Å². The normalized spacial score (nSPS) is 10.7. The minimum atomic E-state index is 0.351. The fourth-order valence-electron chi connectivity index (χ4n) is 1.64. The molecule has 0 unspecified atom stereocenters. The van der Waals surface area contributed by atoms with Crippen LogP contribution in [-0.2, 0) is 11.2 Å². The van der Waals surface area contributed by atoms with Crippen LogP contribution >= 0.6 is 39.1 Å². The van der Waals surface area contributed by atoms with E-state index in [2.05, 4.69) is 25.9 Å². The van der Waals surface area contributed by atoms with Crippen LogP contribution in [0.4, 0.5) is 0 Å². The Morgan fingerprint density at radius 1 is 1.21 bits per heavy atom. The Morgan fingerprint density at radius 2 is 1.89 bits per heavy atom. The van der Waals surface area contributed by atoms with Gasteiger partial charge >= 0.3 is 0 Å². The van der Waals surface area contributed by atoms with Crippen LogP contribution < -0.4 is 0 Å². The highest BCUT2D eigenvalue weighted by atomic mass is 79.9. The molecule has 0 fully saturated rings. The van der Waals surface area contributed by atoms with Crippen molar-refractivity contribution in [3.63, 3.8) is 0 Å². The summed E-state index contributed by atoms with van der Waals surface area (Å²) in [4.78, 5) is 8.50. The van der Waals surface area contributed by atoms with E-state index < -0.39 is 0 Å². The zero-order chi connectivity index (χ0) is 13.8. The SMILES string of the molecule is COCCc1nc(Cl)c(-c2cccc(Br)c2)c(Cl)n1. The van der Waals surface area contributed by atoms with Gasteiger partial charge in [-0.15, -0.1) is 0 Å². The largest absolute Gasteiger partial charge is 0.384 e. The van der Waals surface area contributed by atoms with E-state index in [0.29, 0.717) is 34.7 Å². The standard InChI is InChI=1S/C13H11BrCl2N2O/c1-19-6-5-10-17-12(15)11(13(16)18-10)8-3-2-4-9(14)7-8/h2-4,7H,5-6H2,1H3. The second-order valence-corrected chi connectivity index (χ2v) is 5.48. The number of halogens is 3. The highest BCUT2D eigenvalue weighted by Crippen LogP contribution is 2.33. The van der Waals surface area contributed by atoms with Crippen LogP contribution in [0.2, 0.25) is 10.3 Å². The van der Waals surface area contributed by atoms with Crippen LogP contribution in [0, 0.1) is 0 Å². The average molecular weight is 362 g/mol. The maximum Gasteiger partial charge on any atom is 0.142 e. The Morgan fingerprint density at radius 3 is 2.47 bits per heavy atom. The molecule has 1 heterocycles. The first-order chi connectivity index (χ1) is 9.11. The van der Waals surface area contributed by atoms with Crippen molar-refractivity contribution in [3.05, 3.63) is 44.9 Å². The van der Waals surface area contributed by atoms with Crippen LogP contribution in [0.25, 0.3) is 11.1 Å². The number of nitrogens with zero attached hydrogens (tertiary/aromatic N) is 2. The molecule has 0 N–H and O–H groups in total. The van der Waals surface area contributed by atoms with Crippen molar-refractivity contribution < 1.29 is 4.74 Å². The second-order valence-electron chi connectivity index (χ2n) is 3.85. The van der Waals surface area contributed by atoms with Gasteiger partial charge in [0.2, 0.25) is 0 Å². The summed E-state index contributed by atoms with van der Waals surface area (Å²) in [6.07, 6.45) is 0.578. The monoisotopic (exact) mass is 360 g/mol. The Labute approximate surface area is 130 Å². The van der Waals surface area contributed by atoms with Gasteiger partial charge in [-0.1, -0.05) is 51.3 Å². The molecule has 0 bridgehead atoms. The molecular formula is C13H11BrCl2N2O. The Bertz CT molecular complexity index is 570. The smallest absolute Gasteiger partial charge is 0.142 e. The summed E-state index contributed by atoms with van der Waals surface area (Å²) in [5.74, 6) is 0.579. The van der Waals surface area contributed by atoms with Crippen molar-refractivity contribution in [2.75, 3.05) is 13.7 Å². The number of hydrogen-bond donors (Lipinski definition) is 0. The molecule has 0 saturated carbocycles. The topological polar surface area (TPSA) is 35.0 Å². The van der Waals surface area contributed by atoms with Gasteiger partial charge in [-0.05, 0) is 17.7 Å². The third-order valence-electron chi connectivity index (χ3n) is 2.51. The summed E-state index contributed by atoms with van der Waals surface area (Å²) in [6.45, 7) is 0.531. The van der Waals surface area contributed by atoms with Gasteiger partial charge in [0.15, 0.2) is 0 Å². The maximum atomic E-state index is 6.21. The molecule has 0 radical (unpaired) electrons. The lowest BCUT2D eigenvalue weighted by molar-refractivity contribution is 0.200. The zero-order valence-corrected chi connectivity index (χ0v) is 13.3. The number of methoxy groups -OCH3 is 1. The van der Waals surface area contributed by atoms with Crippen molar-refractivity contribution in [1.29, 1.82) is 0 Å². The Kier molecular flexibility index (Phi) is 5.16. The first-order valence-corrected chi connectivity index (χ1v) is 7.13. The van der Waals surface area contributed by atoms with Crippen molar-refractivity contribution in [2.24, 2.45) is 0 Å². The molecule has 0 saturated heterocycles. The predicted molar refractivity (Wildman–Crippen MR) is 80.8 cm³/mol. The molecule has 2 aromatic rings. The lowest BCUT2D eigenvalue weighted by Gasteiger charge is -2.08. The van der Waals surface area contributed by atoms with Crippen molar-refractivity contribution in [1.82, 2.24) is 9.97 Å². The first kappa shape index (κ1) is 14.7. The van der Waals surface area contributed by atoms with E-state index in [1.807, 2.05) is 24.3 Å². The average Bonchev–Trinajstić information content (AvgIpc) is 2.35. The van der Waals surface area contributed by atoms with Crippen LogP contribution in [-0.4, -0.2) is 23.7 Å². The number of ether oxygens (including phenoxy) is 1. The van der Waals surface area contributed by atoms with E-state index >= 15 is 0 Å². The molecule has 3 nitrogen and oxygen atoms in total. The van der Waals surface area contributed by atoms with Crippen molar-refractivity contribution >= 4 is 39.1 Å². The fourth-order valence-corrected chi connectivity index (χ4v) is 2.68. The number of hydrogen-bond acceptors (Lipinski definition) is 3. The molecule has 1 aromatic heterocycles. The second kappa shape index (κ2) is 6.66. The number of benzene rings is 1. The molecular weight excluding hydrogens is 351 g/mol. The summed E-state index contributed by atoms with van der Waals surface area (Å²) >= 11 is 15.8. The third kappa shape index (κ3) is 3.66. The van der Waals surface area contributed by atoms with Gasteiger partial charge in [-0.2, -0.15) is 0 Å². The van der Waals surface area contributed by atoms with E-state index in [1.165, 1.54) is 0 Å². The van der Waals surface area contributed by atoms with E-state index in [-0.39, 0.29) is 0 Å². The van der Waals surface area contributed by atoms with Gasteiger partial charge in [0.1, 0.15) is 16.1 Å². The summed E-state index contributed by atoms with van der Waals surface area (Å²) in [5.41, 5.74) is 1.52. The predicted octanol–water partition coefficient (Wildman–Crippen LogP) is 4.40. The molecule has 100 valence electrons. The van der Waals surface area contributed by atoms with Gasteiger partial charge in [0.05, 0.1) is 12.2 Å². The Hall–Kier alpha value is -0.680. The number of rotatable bonds is 4. The first-order valence-electron chi connectivity index (χ1n) is 5.58. The fraction of sp³-hybridized carbons (Fsp3) is 0.231. The quantitative estimate of drug-likeness (QED) is 0.757. The lowest BCUT2D eigenvalue weighted by atomic mass is 10.1. The van der Waals surface area contributed by atoms with Crippen molar-refractivity contribution in [3.8, 4) is 11.1 Å². The van der Waals surface area contributed by atoms with Gasteiger partial charge in [0, 0.05) is 18.0 Å². The van der Waals surface area contributed by atoms with Gasteiger partial charge < -0.3 is 4.74 Å². The molecule has 0 amide bonds. The molecule has 0 aliphatic carbocycles. The van der Waals surface area contributed by atoms with E-state index in [9.17, 15) is 0 Å². The summed E-state index contributed by atoms with van der Waals surface area (Å²) in [6, 6.07) is 7.67. The van der Waals surface area contributed by atoms with Gasteiger partial charge in [-0.3, -0.25) is 0 Å². The van der Waals surface area contributed by atoms with Crippen LogP contribution in [0.3, 0.4) is 0 Å². The number of aromatic nitrogens is 2. The molecule has 1 aromatic carbocycles. The molecule has 6 heteroatoms. The lowest BCUT2D eigenvalue weighted by Crippen LogP contribution is -2.02. The van der Waals surface area contributed by atoms with Crippen LogP contribution in [0.15, 0.2) is 28.7 Å². The Balaban J connectivity index is 2.42. The highest BCUT2D eigenvalue weighted by Gasteiger charge is 2.13. The van der Waals surface area contributed by atoms with E-state index in [4.69, 9.17) is 27.9 Å². The molecule has 0 aliphatic heterocycles. The highest BCUT2D eigenvalue weighted by molar-refractivity contribution is 9.10. The minimum absolute atomic E-state index is 0.351. The third-order valence-corrected chi connectivity index (χ3v) is 3.55. The molecule has 0 spiro atoms. The summed E-state index contributed by atoms with van der Waals surface area (Å²) in [5, 5.41) is 0.702. The minimum Gasteiger partial charge on any atom is -0.384 e. The summed E-state index contributed by atoms with van der Waals surface area (Å²) in [7, 11) is 1.62. The van der Waals surface area contributed by atoms with Gasteiger partial charge in [0.25, 0.3) is 0 Å². The molecule has 0 aliphatic rings. The van der Waals surface area contributed by atoms with E-state index in [0.717, 1.165) is 10.0 Å². The van der Waals surface area contributed by atoms with Gasteiger partial charge in [-0.25, -0.2) is 9.97 Å². The molecule has 19 heavy (non-hydrogen) atoms. The molecule has 2 rings (SSSR count). The maximum absolute atomic E-state index is 6.21. The summed E-state index contributed by atoms with van der Waals surface area (Å²) < 4.78 is 5.93. The zero-order valence-electron chi connectivity index (χ0n) is 10.2. The van der Waals surface area contributed by atoms with Crippen LogP contribution in [0.1, 0.15) is 5.82 Å². The molecule has 0 atom stereocenters. The van der Waals surface area contributed by atoms with Crippen LogP contribution in [0.5, 0.6) is 0 Å². The van der Waals surface area contributed by atoms with Crippen molar-refractivity contribution in [2.45, 2.75) is 6.42 Å².